The van der Waals surface area contributed by atoms with Crippen LogP contribution >= 0.6 is 0 Å². The van der Waals surface area contributed by atoms with Crippen molar-refractivity contribution in [1.82, 2.24) is 10.2 Å². The number of amides is 1. The monoisotopic (exact) mass is 250 g/mol. The Morgan fingerprint density at radius 3 is 2.78 bits per heavy atom. The van der Waals surface area contributed by atoms with E-state index in [-0.39, 0.29) is 5.92 Å². The lowest BCUT2D eigenvalue weighted by Crippen LogP contribution is -2.54. The van der Waals surface area contributed by atoms with Gasteiger partial charge in [-0.25, -0.2) is 0 Å². The molecule has 3 rings (SSSR count). The van der Waals surface area contributed by atoms with Gasteiger partial charge < -0.3 is 10.2 Å². The van der Waals surface area contributed by atoms with Gasteiger partial charge in [-0.2, -0.15) is 0 Å². The molecule has 1 amide bonds. The summed E-state index contributed by atoms with van der Waals surface area (Å²) < 4.78 is 0. The minimum absolute atomic E-state index is 0.265. The predicted octanol–water partition coefficient (Wildman–Crippen LogP) is 2.02. The number of nitrogens with one attached hydrogen (secondary N) is 1. The molecule has 0 radical (unpaired) electrons. The van der Waals surface area contributed by atoms with Gasteiger partial charge in [0.1, 0.15) is 0 Å². The topological polar surface area (TPSA) is 32.3 Å². The Labute approximate surface area is 110 Å². The molecule has 1 saturated carbocycles. The number of piperidine rings is 1. The molecule has 4 unspecified atom stereocenters. The van der Waals surface area contributed by atoms with Crippen molar-refractivity contribution >= 4 is 5.91 Å². The van der Waals surface area contributed by atoms with Gasteiger partial charge in [-0.1, -0.05) is 19.8 Å². The van der Waals surface area contributed by atoms with Gasteiger partial charge in [0.25, 0.3) is 0 Å². The van der Waals surface area contributed by atoms with Crippen molar-refractivity contribution in [3.63, 3.8) is 0 Å². The Morgan fingerprint density at radius 1 is 1.17 bits per heavy atom. The molecule has 0 spiro atoms. The highest BCUT2D eigenvalue weighted by molar-refractivity contribution is 5.80. The van der Waals surface area contributed by atoms with Crippen LogP contribution in [0, 0.1) is 17.8 Å². The van der Waals surface area contributed by atoms with Crippen LogP contribution in [0.15, 0.2) is 0 Å². The first-order chi connectivity index (χ1) is 8.77. The Bertz CT molecular complexity index is 312. The standard InChI is InChI=1S/C15H26N2O/c1-11-7-9-17(14-5-3-2-4-13(11)14)15(18)12-6-8-16-10-12/h11-14,16H,2-10H2,1H3. The van der Waals surface area contributed by atoms with Crippen LogP contribution < -0.4 is 5.32 Å². The predicted molar refractivity (Wildman–Crippen MR) is 72.2 cm³/mol. The molecule has 2 heterocycles. The summed E-state index contributed by atoms with van der Waals surface area (Å²) in [6.45, 7) is 5.33. The number of nitrogens with zero attached hydrogens (tertiary/aromatic N) is 1. The van der Waals surface area contributed by atoms with Crippen LogP contribution in [-0.4, -0.2) is 36.5 Å². The number of likely N-dealkylation sites (tertiary alicyclic amines) is 1. The number of carbonyl (C=O) groups is 1. The van der Waals surface area contributed by atoms with Crippen LogP contribution in [0.5, 0.6) is 0 Å². The number of rotatable bonds is 1. The lowest BCUT2D eigenvalue weighted by molar-refractivity contribution is -0.142. The lowest BCUT2D eigenvalue weighted by Gasteiger charge is -2.48. The second kappa shape index (κ2) is 5.20. The van der Waals surface area contributed by atoms with E-state index in [1.165, 1.54) is 32.1 Å². The van der Waals surface area contributed by atoms with Gasteiger partial charge in [0, 0.05) is 19.1 Å². The molecule has 1 N–H and O–H groups in total. The summed E-state index contributed by atoms with van der Waals surface area (Å²) in [4.78, 5) is 14.9. The summed E-state index contributed by atoms with van der Waals surface area (Å²) in [7, 11) is 0. The van der Waals surface area contributed by atoms with Crippen LogP contribution in [0.2, 0.25) is 0 Å². The van der Waals surface area contributed by atoms with E-state index in [1.54, 1.807) is 0 Å². The third-order valence-electron chi connectivity index (χ3n) is 5.43. The molecule has 3 fully saturated rings. The molecule has 3 aliphatic rings. The highest BCUT2D eigenvalue weighted by atomic mass is 16.2. The Balaban J connectivity index is 1.72. The average Bonchev–Trinajstić information content (AvgIpc) is 2.93. The normalized spacial score (nSPS) is 40.6. The van der Waals surface area contributed by atoms with Crippen LogP contribution in [0.4, 0.5) is 0 Å². The molecule has 0 aromatic carbocycles. The Hall–Kier alpha value is -0.570. The fraction of sp³-hybridized carbons (Fsp3) is 0.933. The number of hydrogen-bond donors (Lipinski definition) is 1. The van der Waals surface area contributed by atoms with Gasteiger partial charge >= 0.3 is 0 Å². The SMILES string of the molecule is CC1CCN(C(=O)C2CCNC2)C2CCCCC12. The molecule has 3 heteroatoms. The molecule has 4 atom stereocenters. The largest absolute Gasteiger partial charge is 0.339 e. The number of hydrogen-bond acceptors (Lipinski definition) is 2. The number of fused-ring (bicyclic) bond motifs is 1. The highest BCUT2D eigenvalue weighted by Crippen LogP contribution is 2.39. The van der Waals surface area contributed by atoms with Crippen LogP contribution in [0.3, 0.4) is 0 Å². The first-order valence-electron chi connectivity index (χ1n) is 7.78. The van der Waals surface area contributed by atoms with Crippen LogP contribution in [0.1, 0.15) is 45.4 Å². The second-order valence-electron chi connectivity index (χ2n) is 6.50. The van der Waals surface area contributed by atoms with Gasteiger partial charge in [-0.3, -0.25) is 4.79 Å². The minimum Gasteiger partial charge on any atom is -0.339 e. The van der Waals surface area contributed by atoms with Gasteiger partial charge in [0.15, 0.2) is 0 Å². The molecule has 2 saturated heterocycles. The van der Waals surface area contributed by atoms with Crippen molar-refractivity contribution in [3.8, 4) is 0 Å². The third kappa shape index (κ3) is 2.18. The van der Waals surface area contributed by atoms with E-state index in [4.69, 9.17) is 0 Å². The molecule has 0 aromatic rings. The zero-order valence-corrected chi connectivity index (χ0v) is 11.5. The molecule has 0 aromatic heterocycles. The molecule has 102 valence electrons. The first kappa shape index (κ1) is 12.5. The van der Waals surface area contributed by atoms with Crippen LogP contribution in [0.25, 0.3) is 0 Å². The van der Waals surface area contributed by atoms with Crippen molar-refractivity contribution in [2.24, 2.45) is 17.8 Å². The fourth-order valence-corrected chi connectivity index (χ4v) is 4.29. The summed E-state index contributed by atoms with van der Waals surface area (Å²) in [5.41, 5.74) is 0. The Kier molecular flexibility index (Phi) is 3.60. The van der Waals surface area contributed by atoms with E-state index in [1.807, 2.05) is 0 Å². The quantitative estimate of drug-likeness (QED) is 0.772. The van der Waals surface area contributed by atoms with E-state index in [0.29, 0.717) is 11.9 Å². The summed E-state index contributed by atoms with van der Waals surface area (Å²) in [6.07, 6.45) is 7.55. The summed E-state index contributed by atoms with van der Waals surface area (Å²) in [5.74, 6) is 2.32. The van der Waals surface area contributed by atoms with E-state index in [9.17, 15) is 4.79 Å². The number of carbonyl (C=O) groups excluding carboxylic acids is 1. The lowest BCUT2D eigenvalue weighted by atomic mass is 9.72. The van der Waals surface area contributed by atoms with Crippen LogP contribution in [-0.2, 0) is 4.79 Å². The Morgan fingerprint density at radius 2 is 2.00 bits per heavy atom. The van der Waals surface area contributed by atoms with Crippen molar-refractivity contribution in [3.05, 3.63) is 0 Å². The summed E-state index contributed by atoms with van der Waals surface area (Å²) in [5, 5.41) is 3.33. The minimum atomic E-state index is 0.265. The smallest absolute Gasteiger partial charge is 0.227 e. The van der Waals surface area contributed by atoms with Gasteiger partial charge in [0.05, 0.1) is 5.92 Å². The zero-order valence-electron chi connectivity index (χ0n) is 11.5. The van der Waals surface area contributed by atoms with Gasteiger partial charge in [-0.05, 0) is 44.1 Å². The van der Waals surface area contributed by atoms with Crippen molar-refractivity contribution in [1.29, 1.82) is 0 Å². The molecule has 0 bridgehead atoms. The average molecular weight is 250 g/mol. The van der Waals surface area contributed by atoms with Crippen molar-refractivity contribution in [2.75, 3.05) is 19.6 Å². The van der Waals surface area contributed by atoms with Gasteiger partial charge in [-0.15, -0.1) is 0 Å². The molecular formula is C15H26N2O. The maximum Gasteiger partial charge on any atom is 0.227 e. The summed E-state index contributed by atoms with van der Waals surface area (Å²) >= 11 is 0. The third-order valence-corrected chi connectivity index (χ3v) is 5.43. The van der Waals surface area contributed by atoms with Gasteiger partial charge in [0.2, 0.25) is 5.91 Å². The molecule has 1 aliphatic carbocycles. The maximum atomic E-state index is 12.6. The van der Waals surface area contributed by atoms with Crippen molar-refractivity contribution in [2.45, 2.75) is 51.5 Å². The molecule has 18 heavy (non-hydrogen) atoms. The van der Waals surface area contributed by atoms with E-state index < -0.39 is 0 Å². The fourth-order valence-electron chi connectivity index (χ4n) is 4.29. The van der Waals surface area contributed by atoms with E-state index in [0.717, 1.165) is 37.9 Å². The summed E-state index contributed by atoms with van der Waals surface area (Å²) in [6, 6.07) is 0.565. The highest BCUT2D eigenvalue weighted by Gasteiger charge is 2.41. The molecule has 3 nitrogen and oxygen atoms in total. The second-order valence-corrected chi connectivity index (χ2v) is 6.50. The maximum absolute atomic E-state index is 12.6. The molecular weight excluding hydrogens is 224 g/mol. The zero-order chi connectivity index (χ0) is 12.5. The van der Waals surface area contributed by atoms with Crippen molar-refractivity contribution < 1.29 is 4.79 Å². The van der Waals surface area contributed by atoms with E-state index >= 15 is 0 Å². The molecule has 2 aliphatic heterocycles. The van der Waals surface area contributed by atoms with E-state index in [2.05, 4.69) is 17.1 Å². The first-order valence-corrected chi connectivity index (χ1v) is 7.78.